The van der Waals surface area contributed by atoms with Crippen LogP contribution >= 0.6 is 0 Å². The Kier molecular flexibility index (Phi) is 2.08. The average molecular weight is 244 g/mol. The van der Waals surface area contributed by atoms with Crippen LogP contribution in [0.5, 0.6) is 0 Å². The predicted octanol–water partition coefficient (Wildman–Crippen LogP) is 5.20. The molecule has 0 saturated heterocycles. The van der Waals surface area contributed by atoms with E-state index in [4.69, 9.17) is 0 Å². The number of fused-ring (bicyclic) bond motifs is 8. The van der Waals surface area contributed by atoms with Gasteiger partial charge in [-0.2, -0.15) is 0 Å². The molecule has 3 fully saturated rings. The van der Waals surface area contributed by atoms with Crippen molar-refractivity contribution >= 4 is 0 Å². The van der Waals surface area contributed by atoms with Gasteiger partial charge in [-0.3, -0.25) is 0 Å². The summed E-state index contributed by atoms with van der Waals surface area (Å²) < 4.78 is 0. The highest BCUT2D eigenvalue weighted by Gasteiger charge is 2.64. The van der Waals surface area contributed by atoms with Crippen LogP contribution in [0.2, 0.25) is 0 Å². The Hall–Kier alpha value is -0.260. The van der Waals surface area contributed by atoms with Crippen molar-refractivity contribution in [3.8, 4) is 0 Å². The summed E-state index contributed by atoms with van der Waals surface area (Å²) in [5.41, 5.74) is 5.27. The van der Waals surface area contributed by atoms with Crippen molar-refractivity contribution in [1.29, 1.82) is 0 Å². The molecule has 0 aliphatic heterocycles. The Bertz CT molecular complexity index is 429. The molecule has 0 N–H and O–H groups in total. The Morgan fingerprint density at radius 2 is 2.00 bits per heavy atom. The van der Waals surface area contributed by atoms with Crippen LogP contribution in [0.4, 0.5) is 0 Å². The summed E-state index contributed by atoms with van der Waals surface area (Å²) in [7, 11) is 0. The van der Waals surface area contributed by atoms with E-state index in [2.05, 4.69) is 27.7 Å². The summed E-state index contributed by atoms with van der Waals surface area (Å²) in [5, 5.41) is 0. The highest BCUT2D eigenvalue weighted by Crippen LogP contribution is 2.74. The molecule has 0 heteroatoms. The van der Waals surface area contributed by atoms with Gasteiger partial charge in [-0.05, 0) is 73.0 Å². The molecule has 0 nitrogen and oxygen atoms in total. The van der Waals surface area contributed by atoms with Crippen molar-refractivity contribution in [1.82, 2.24) is 0 Å². The number of hydrogen-bond acceptors (Lipinski definition) is 0. The molecule has 4 aliphatic carbocycles. The third kappa shape index (κ3) is 1.23. The normalized spacial score (nSPS) is 52.8. The first-order valence-electron chi connectivity index (χ1n) is 8.16. The third-order valence-electron chi connectivity index (χ3n) is 6.86. The maximum absolute atomic E-state index is 2.62. The molecule has 0 amide bonds. The number of hydrogen-bond donors (Lipinski definition) is 0. The first kappa shape index (κ1) is 11.6. The summed E-state index contributed by atoms with van der Waals surface area (Å²) in [4.78, 5) is 0. The highest BCUT2D eigenvalue weighted by atomic mass is 14.7. The zero-order chi connectivity index (χ0) is 12.7. The fraction of sp³-hybridized carbons (Fsp3) is 0.889. The topological polar surface area (TPSA) is 0 Å². The van der Waals surface area contributed by atoms with Crippen LogP contribution in [0.1, 0.15) is 66.2 Å². The van der Waals surface area contributed by atoms with Crippen molar-refractivity contribution < 1.29 is 0 Å². The van der Waals surface area contributed by atoms with Crippen LogP contribution in [0.3, 0.4) is 0 Å². The second-order valence-corrected chi connectivity index (χ2v) is 8.84. The summed E-state index contributed by atoms with van der Waals surface area (Å²) in [6.45, 7) is 10.0. The van der Waals surface area contributed by atoms with Crippen molar-refractivity contribution in [3.05, 3.63) is 11.1 Å². The van der Waals surface area contributed by atoms with E-state index in [1.165, 1.54) is 38.5 Å². The van der Waals surface area contributed by atoms with Gasteiger partial charge in [0.05, 0.1) is 0 Å². The molecule has 0 aromatic heterocycles. The van der Waals surface area contributed by atoms with Crippen LogP contribution in [-0.4, -0.2) is 0 Å². The van der Waals surface area contributed by atoms with Crippen molar-refractivity contribution in [3.63, 3.8) is 0 Å². The smallest absolute Gasteiger partial charge is 0.0108 e. The minimum atomic E-state index is 0.637. The van der Waals surface area contributed by atoms with Gasteiger partial charge < -0.3 is 0 Å². The lowest BCUT2D eigenvalue weighted by Gasteiger charge is -2.41. The summed E-state index contributed by atoms with van der Waals surface area (Å²) in [5.74, 6) is 3.90. The quantitative estimate of drug-likeness (QED) is 0.586. The molecule has 5 atom stereocenters. The molecule has 0 heterocycles. The second-order valence-electron chi connectivity index (χ2n) is 8.84. The Morgan fingerprint density at radius 3 is 2.72 bits per heavy atom. The molecule has 0 aromatic rings. The van der Waals surface area contributed by atoms with Crippen molar-refractivity contribution in [2.45, 2.75) is 66.2 Å². The standard InChI is InChI=1S/C18H28/c1-11(2)7-13-9-18(4)10-14(13)16-15(18)12-5-6-17(16,3)8-12/h11-13,15H,5-10H2,1-4H3. The Balaban J connectivity index is 1.77. The van der Waals surface area contributed by atoms with Crippen LogP contribution in [0, 0.1) is 34.5 Å². The van der Waals surface area contributed by atoms with Crippen molar-refractivity contribution in [2.24, 2.45) is 34.5 Å². The molecular formula is C18H28. The van der Waals surface area contributed by atoms with Crippen molar-refractivity contribution in [2.75, 3.05) is 0 Å². The molecule has 4 aliphatic rings. The zero-order valence-corrected chi connectivity index (χ0v) is 12.6. The molecule has 0 spiro atoms. The van der Waals surface area contributed by atoms with E-state index >= 15 is 0 Å². The van der Waals surface area contributed by atoms with Gasteiger partial charge in [0.2, 0.25) is 0 Å². The van der Waals surface area contributed by atoms with Crippen LogP contribution in [0.15, 0.2) is 11.1 Å². The van der Waals surface area contributed by atoms with E-state index in [0.29, 0.717) is 10.8 Å². The molecule has 3 saturated carbocycles. The molecule has 100 valence electrons. The largest absolute Gasteiger partial charge is 0.0664 e. The monoisotopic (exact) mass is 244 g/mol. The van der Waals surface area contributed by atoms with E-state index in [1.807, 2.05) is 11.1 Å². The zero-order valence-electron chi connectivity index (χ0n) is 12.6. The number of allylic oxidation sites excluding steroid dienone is 2. The first-order chi connectivity index (χ1) is 8.43. The maximum Gasteiger partial charge on any atom is -0.0108 e. The Morgan fingerprint density at radius 1 is 1.22 bits per heavy atom. The Labute approximate surface area is 112 Å². The maximum atomic E-state index is 2.62. The fourth-order valence-corrected chi connectivity index (χ4v) is 6.62. The molecule has 18 heavy (non-hydrogen) atoms. The van der Waals surface area contributed by atoms with Gasteiger partial charge in [-0.15, -0.1) is 0 Å². The fourth-order valence-electron chi connectivity index (χ4n) is 6.62. The SMILES string of the molecule is CC(C)CC1CC2(C)CC1=C1C2C2CCC1(C)C2. The van der Waals surface area contributed by atoms with Gasteiger partial charge in [0.25, 0.3) is 0 Å². The molecule has 4 bridgehead atoms. The lowest BCUT2D eigenvalue weighted by Crippen LogP contribution is -2.32. The van der Waals surface area contributed by atoms with E-state index < -0.39 is 0 Å². The van der Waals surface area contributed by atoms with Gasteiger partial charge >= 0.3 is 0 Å². The summed E-state index contributed by atoms with van der Waals surface area (Å²) >= 11 is 0. The molecule has 0 aromatic carbocycles. The summed E-state index contributed by atoms with van der Waals surface area (Å²) in [6.07, 6.45) is 8.99. The molecular weight excluding hydrogens is 216 g/mol. The molecule has 0 radical (unpaired) electrons. The summed E-state index contributed by atoms with van der Waals surface area (Å²) in [6, 6.07) is 0. The van der Waals surface area contributed by atoms with Crippen LogP contribution in [0.25, 0.3) is 0 Å². The van der Waals surface area contributed by atoms with Gasteiger partial charge in [-0.25, -0.2) is 0 Å². The van der Waals surface area contributed by atoms with Gasteiger partial charge in [0.15, 0.2) is 0 Å². The predicted molar refractivity (Wildman–Crippen MR) is 76.3 cm³/mol. The lowest BCUT2D eigenvalue weighted by atomic mass is 9.63. The van der Waals surface area contributed by atoms with Gasteiger partial charge in [0.1, 0.15) is 0 Å². The van der Waals surface area contributed by atoms with E-state index in [9.17, 15) is 0 Å². The molecule has 5 unspecified atom stereocenters. The van der Waals surface area contributed by atoms with Crippen LogP contribution in [-0.2, 0) is 0 Å². The molecule has 4 rings (SSSR count). The van der Waals surface area contributed by atoms with E-state index in [1.54, 1.807) is 0 Å². The first-order valence-corrected chi connectivity index (χ1v) is 8.16. The van der Waals surface area contributed by atoms with Crippen LogP contribution < -0.4 is 0 Å². The third-order valence-corrected chi connectivity index (χ3v) is 6.86. The van der Waals surface area contributed by atoms with E-state index in [-0.39, 0.29) is 0 Å². The van der Waals surface area contributed by atoms with E-state index in [0.717, 1.165) is 23.7 Å². The minimum Gasteiger partial charge on any atom is -0.0664 e. The van der Waals surface area contributed by atoms with Gasteiger partial charge in [-0.1, -0.05) is 38.8 Å². The number of rotatable bonds is 2. The highest BCUT2D eigenvalue weighted by molar-refractivity contribution is 5.44. The second kappa shape index (κ2) is 3.25. The average Bonchev–Trinajstić information content (AvgIpc) is 2.91. The lowest BCUT2D eigenvalue weighted by molar-refractivity contribution is 0.158. The minimum absolute atomic E-state index is 0.637. The van der Waals surface area contributed by atoms with Gasteiger partial charge in [0, 0.05) is 0 Å².